The second kappa shape index (κ2) is 8.60. The molecule has 0 spiro atoms. The average molecular weight is 367 g/mol. The van der Waals surface area contributed by atoms with Crippen LogP contribution in [-0.4, -0.2) is 18.4 Å². The van der Waals surface area contributed by atoms with Crippen LogP contribution in [0.25, 0.3) is 0 Å². The molecule has 140 valence electrons. The molecule has 7 heteroatoms. The highest BCUT2D eigenvalue weighted by Gasteiger charge is 2.31. The van der Waals surface area contributed by atoms with Gasteiger partial charge in [0, 0.05) is 5.69 Å². The number of hydrogen-bond acceptors (Lipinski definition) is 3. The van der Waals surface area contributed by atoms with Crippen molar-refractivity contribution in [3.8, 4) is 11.5 Å². The van der Waals surface area contributed by atoms with Gasteiger partial charge in [0.2, 0.25) is 0 Å². The summed E-state index contributed by atoms with van der Waals surface area (Å²) in [5, 5.41) is 2.63. The molecule has 4 nitrogen and oxygen atoms in total. The van der Waals surface area contributed by atoms with Gasteiger partial charge in [0.15, 0.2) is 6.10 Å². The van der Waals surface area contributed by atoms with Crippen LogP contribution in [0.2, 0.25) is 0 Å². The van der Waals surface area contributed by atoms with E-state index in [1.807, 2.05) is 26.0 Å². The Kier molecular flexibility index (Phi) is 6.49. The van der Waals surface area contributed by atoms with E-state index in [9.17, 15) is 18.0 Å². The van der Waals surface area contributed by atoms with Crippen LogP contribution in [0.15, 0.2) is 48.5 Å². The van der Waals surface area contributed by atoms with Gasteiger partial charge in [-0.15, -0.1) is 13.2 Å². The second-order valence-corrected chi connectivity index (χ2v) is 5.57. The largest absolute Gasteiger partial charge is 0.573 e. The first-order chi connectivity index (χ1) is 12.3. The first-order valence-electron chi connectivity index (χ1n) is 8.23. The van der Waals surface area contributed by atoms with Crippen molar-refractivity contribution in [2.75, 3.05) is 5.32 Å². The van der Waals surface area contributed by atoms with Crippen molar-refractivity contribution in [3.05, 3.63) is 54.1 Å². The van der Waals surface area contributed by atoms with Crippen LogP contribution < -0.4 is 14.8 Å². The van der Waals surface area contributed by atoms with Crippen molar-refractivity contribution >= 4 is 11.6 Å². The second-order valence-electron chi connectivity index (χ2n) is 5.57. The number of halogens is 3. The number of aryl methyl sites for hydroxylation is 1. The highest BCUT2D eigenvalue weighted by molar-refractivity contribution is 5.94. The molecule has 0 heterocycles. The van der Waals surface area contributed by atoms with Gasteiger partial charge in [0.1, 0.15) is 11.5 Å². The van der Waals surface area contributed by atoms with Crippen LogP contribution in [0.3, 0.4) is 0 Å². The van der Waals surface area contributed by atoms with E-state index in [2.05, 4.69) is 10.1 Å². The first kappa shape index (κ1) is 19.6. The fraction of sp³-hybridized carbons (Fsp3) is 0.316. The number of nitrogens with one attached hydrogen (secondary N) is 1. The van der Waals surface area contributed by atoms with E-state index >= 15 is 0 Å². The summed E-state index contributed by atoms with van der Waals surface area (Å²) < 4.78 is 45.9. The number of anilines is 1. The minimum Gasteiger partial charge on any atom is -0.481 e. The Morgan fingerprint density at radius 3 is 2.08 bits per heavy atom. The van der Waals surface area contributed by atoms with Gasteiger partial charge in [0.25, 0.3) is 5.91 Å². The fourth-order valence-electron chi connectivity index (χ4n) is 2.25. The lowest BCUT2D eigenvalue weighted by Gasteiger charge is -2.17. The van der Waals surface area contributed by atoms with Gasteiger partial charge in [0.05, 0.1) is 0 Å². The average Bonchev–Trinajstić information content (AvgIpc) is 2.60. The van der Waals surface area contributed by atoms with Crippen LogP contribution in [0.4, 0.5) is 18.9 Å². The lowest BCUT2D eigenvalue weighted by molar-refractivity contribution is -0.274. The molecule has 2 aromatic rings. The minimum atomic E-state index is -4.75. The van der Waals surface area contributed by atoms with Gasteiger partial charge < -0.3 is 14.8 Å². The van der Waals surface area contributed by atoms with Gasteiger partial charge in [-0.05, 0) is 54.8 Å². The highest BCUT2D eigenvalue weighted by Crippen LogP contribution is 2.24. The molecule has 0 aliphatic rings. The van der Waals surface area contributed by atoms with E-state index in [-0.39, 0.29) is 11.7 Å². The fourth-order valence-corrected chi connectivity index (χ4v) is 2.25. The van der Waals surface area contributed by atoms with E-state index in [0.717, 1.165) is 24.1 Å². The minimum absolute atomic E-state index is 0.352. The Morgan fingerprint density at radius 2 is 1.58 bits per heavy atom. The summed E-state index contributed by atoms with van der Waals surface area (Å²) in [6.45, 7) is 3.86. The summed E-state index contributed by atoms with van der Waals surface area (Å²) in [7, 11) is 0. The topological polar surface area (TPSA) is 47.6 Å². The Bertz CT molecular complexity index is 712. The Labute approximate surface area is 149 Å². The summed E-state index contributed by atoms with van der Waals surface area (Å²) in [4.78, 5) is 12.3. The van der Waals surface area contributed by atoms with Crippen molar-refractivity contribution in [1.82, 2.24) is 0 Å². The van der Waals surface area contributed by atoms with E-state index in [0.29, 0.717) is 17.9 Å². The highest BCUT2D eigenvalue weighted by atomic mass is 19.4. The molecule has 0 bridgehead atoms. The zero-order valence-electron chi connectivity index (χ0n) is 14.5. The Balaban J connectivity index is 1.97. The summed E-state index contributed by atoms with van der Waals surface area (Å²) in [5.74, 6) is -0.149. The number of hydrogen-bond donors (Lipinski definition) is 1. The molecule has 0 unspecified atom stereocenters. The number of ether oxygens (including phenoxy) is 2. The molecule has 1 N–H and O–H groups in total. The molecule has 0 saturated heterocycles. The number of benzene rings is 2. The number of rotatable bonds is 7. The Hall–Kier alpha value is -2.70. The molecule has 26 heavy (non-hydrogen) atoms. The molecule has 0 aliphatic carbocycles. The summed E-state index contributed by atoms with van der Waals surface area (Å²) in [6.07, 6.45) is -4.12. The van der Waals surface area contributed by atoms with Crippen LogP contribution in [-0.2, 0) is 11.2 Å². The number of amides is 1. The van der Waals surface area contributed by atoms with Gasteiger partial charge in [-0.3, -0.25) is 4.79 Å². The van der Waals surface area contributed by atoms with Crippen LogP contribution in [0.5, 0.6) is 11.5 Å². The lowest BCUT2D eigenvalue weighted by atomic mass is 10.1. The van der Waals surface area contributed by atoms with Crippen molar-refractivity contribution in [3.63, 3.8) is 0 Å². The molecule has 2 aromatic carbocycles. The summed E-state index contributed by atoms with van der Waals surface area (Å²) in [5.41, 5.74) is 1.52. The third-order valence-electron chi connectivity index (χ3n) is 3.63. The van der Waals surface area contributed by atoms with Crippen LogP contribution >= 0.6 is 0 Å². The van der Waals surface area contributed by atoms with Crippen molar-refractivity contribution < 1.29 is 27.4 Å². The lowest BCUT2D eigenvalue weighted by Crippen LogP contribution is -2.32. The van der Waals surface area contributed by atoms with Gasteiger partial charge in [-0.2, -0.15) is 0 Å². The maximum atomic E-state index is 12.3. The predicted molar refractivity (Wildman–Crippen MR) is 92.3 cm³/mol. The van der Waals surface area contributed by atoms with Crippen molar-refractivity contribution in [1.29, 1.82) is 0 Å². The Morgan fingerprint density at radius 1 is 1.00 bits per heavy atom. The molecule has 0 fully saturated rings. The van der Waals surface area contributed by atoms with Crippen molar-refractivity contribution in [2.45, 2.75) is 39.2 Å². The third kappa shape index (κ3) is 5.98. The predicted octanol–water partition coefficient (Wildman–Crippen LogP) is 4.94. The smallest absolute Gasteiger partial charge is 0.481 e. The quantitative estimate of drug-likeness (QED) is 0.754. The molecular formula is C19H20F3NO3. The first-order valence-corrected chi connectivity index (χ1v) is 8.23. The van der Waals surface area contributed by atoms with Gasteiger partial charge in [-0.1, -0.05) is 26.0 Å². The SMILES string of the molecule is CCc1ccc(O[C@H](CC)C(=O)Nc2ccc(OC(F)(F)F)cc2)cc1. The van der Waals surface area contributed by atoms with Crippen LogP contribution in [0, 0.1) is 0 Å². The van der Waals surface area contributed by atoms with Crippen LogP contribution in [0.1, 0.15) is 25.8 Å². The number of alkyl halides is 3. The maximum Gasteiger partial charge on any atom is 0.573 e. The van der Waals surface area contributed by atoms with E-state index in [4.69, 9.17) is 4.74 Å². The van der Waals surface area contributed by atoms with Gasteiger partial charge in [-0.25, -0.2) is 0 Å². The zero-order valence-corrected chi connectivity index (χ0v) is 14.5. The molecule has 0 aliphatic heterocycles. The summed E-state index contributed by atoms with van der Waals surface area (Å²) >= 11 is 0. The molecule has 0 radical (unpaired) electrons. The maximum absolute atomic E-state index is 12.3. The summed E-state index contributed by atoms with van der Waals surface area (Å²) in [6, 6.07) is 12.4. The molecule has 0 saturated carbocycles. The molecule has 2 rings (SSSR count). The number of carbonyl (C=O) groups is 1. The van der Waals surface area contributed by atoms with Gasteiger partial charge >= 0.3 is 6.36 Å². The third-order valence-corrected chi connectivity index (χ3v) is 3.63. The van der Waals surface area contributed by atoms with E-state index in [1.54, 1.807) is 12.1 Å². The standard InChI is InChI=1S/C19H20F3NO3/c1-3-13-5-9-15(10-6-13)25-17(4-2)18(24)23-14-7-11-16(12-8-14)26-19(20,21)22/h5-12,17H,3-4H2,1-2H3,(H,23,24)/t17-/m1/s1. The number of carbonyl (C=O) groups excluding carboxylic acids is 1. The van der Waals surface area contributed by atoms with Crippen molar-refractivity contribution in [2.24, 2.45) is 0 Å². The molecular weight excluding hydrogens is 347 g/mol. The molecule has 0 aromatic heterocycles. The zero-order chi connectivity index (χ0) is 19.2. The van der Waals surface area contributed by atoms with E-state index in [1.165, 1.54) is 12.1 Å². The normalized spacial score (nSPS) is 12.3. The molecule has 1 atom stereocenters. The molecule has 1 amide bonds. The monoisotopic (exact) mass is 367 g/mol. The van der Waals surface area contributed by atoms with E-state index < -0.39 is 12.5 Å².